The molecular weight excluding hydrogens is 311 g/mol. The van der Waals surface area contributed by atoms with Crippen molar-refractivity contribution >= 4 is 40.2 Å². The summed E-state index contributed by atoms with van der Waals surface area (Å²) in [5, 5.41) is 9.99. The first-order valence-electron chi connectivity index (χ1n) is 6.19. The highest BCUT2D eigenvalue weighted by molar-refractivity contribution is 6.42. The molecule has 0 unspecified atom stereocenters. The van der Waals surface area contributed by atoms with E-state index in [1.54, 1.807) is 24.3 Å². The highest BCUT2D eigenvalue weighted by atomic mass is 35.5. The number of benzene rings is 2. The minimum atomic E-state index is -0.961. The number of carbonyl (C=O) groups is 1. The summed E-state index contributed by atoms with van der Waals surface area (Å²) in [7, 11) is 0. The van der Waals surface area contributed by atoms with Crippen LogP contribution in [0.2, 0.25) is 10.0 Å². The highest BCUT2D eigenvalue weighted by Gasteiger charge is 2.08. The number of aromatic amines is 1. The molecular formula is C15H10Cl2N2O2. The second-order valence-corrected chi connectivity index (χ2v) is 5.46. The van der Waals surface area contributed by atoms with Crippen LogP contribution in [-0.4, -0.2) is 21.0 Å². The Labute approximate surface area is 130 Å². The normalized spacial score (nSPS) is 11.0. The molecule has 1 heterocycles. The number of nitrogens with one attached hydrogen (secondary N) is 1. The van der Waals surface area contributed by atoms with Crippen LogP contribution in [0.1, 0.15) is 21.7 Å². The van der Waals surface area contributed by atoms with Crippen molar-refractivity contribution in [3.8, 4) is 0 Å². The second kappa shape index (κ2) is 5.39. The lowest BCUT2D eigenvalue weighted by Crippen LogP contribution is -1.94. The first kappa shape index (κ1) is 13.9. The van der Waals surface area contributed by atoms with Gasteiger partial charge in [-0.3, -0.25) is 0 Å². The maximum atomic E-state index is 11.0. The van der Waals surface area contributed by atoms with E-state index in [2.05, 4.69) is 9.97 Å². The van der Waals surface area contributed by atoms with Gasteiger partial charge in [-0.25, -0.2) is 9.78 Å². The van der Waals surface area contributed by atoms with Crippen LogP contribution >= 0.6 is 23.2 Å². The second-order valence-electron chi connectivity index (χ2n) is 4.65. The van der Waals surface area contributed by atoms with Gasteiger partial charge in [0.25, 0.3) is 0 Å². The predicted octanol–water partition coefficient (Wildman–Crippen LogP) is 4.16. The maximum Gasteiger partial charge on any atom is 0.335 e. The summed E-state index contributed by atoms with van der Waals surface area (Å²) in [6.07, 6.45) is 0.563. The Hall–Kier alpha value is -2.04. The van der Waals surface area contributed by atoms with Gasteiger partial charge in [0.05, 0.1) is 26.6 Å². The fourth-order valence-electron chi connectivity index (χ4n) is 2.12. The number of carboxylic acids is 1. The number of halogens is 2. The van der Waals surface area contributed by atoms with Crippen molar-refractivity contribution in [2.45, 2.75) is 6.42 Å². The molecule has 0 aliphatic carbocycles. The van der Waals surface area contributed by atoms with Crippen LogP contribution in [0.25, 0.3) is 11.0 Å². The third-order valence-corrected chi connectivity index (χ3v) is 3.87. The van der Waals surface area contributed by atoms with E-state index in [0.29, 0.717) is 22.0 Å². The molecule has 0 aliphatic heterocycles. The number of fused-ring (bicyclic) bond motifs is 1. The monoisotopic (exact) mass is 320 g/mol. The molecule has 1 aromatic heterocycles. The first-order chi connectivity index (χ1) is 10.0. The molecule has 4 nitrogen and oxygen atoms in total. The summed E-state index contributed by atoms with van der Waals surface area (Å²) in [6, 6.07) is 10.2. The van der Waals surface area contributed by atoms with E-state index >= 15 is 0 Å². The number of imidazole rings is 1. The zero-order chi connectivity index (χ0) is 15.0. The van der Waals surface area contributed by atoms with E-state index in [-0.39, 0.29) is 5.56 Å². The van der Waals surface area contributed by atoms with Crippen LogP contribution in [0.4, 0.5) is 0 Å². The lowest BCUT2D eigenvalue weighted by Gasteiger charge is -2.00. The molecule has 21 heavy (non-hydrogen) atoms. The number of aromatic carboxylic acids is 1. The number of aromatic nitrogens is 2. The molecule has 106 valence electrons. The number of carboxylic acid groups (broad SMARTS) is 1. The van der Waals surface area contributed by atoms with Crippen LogP contribution in [-0.2, 0) is 6.42 Å². The molecule has 2 N–H and O–H groups in total. The van der Waals surface area contributed by atoms with Crippen molar-refractivity contribution in [3.63, 3.8) is 0 Å². The molecule has 3 rings (SSSR count). The maximum absolute atomic E-state index is 11.0. The molecule has 0 fully saturated rings. The fourth-order valence-corrected chi connectivity index (χ4v) is 2.44. The largest absolute Gasteiger partial charge is 0.478 e. The molecule has 0 spiro atoms. The van der Waals surface area contributed by atoms with Crippen molar-refractivity contribution < 1.29 is 9.90 Å². The summed E-state index contributed by atoms with van der Waals surface area (Å²) >= 11 is 11.9. The molecule has 3 aromatic rings. The van der Waals surface area contributed by atoms with Gasteiger partial charge in [-0.1, -0.05) is 29.3 Å². The van der Waals surface area contributed by atoms with E-state index in [9.17, 15) is 4.79 Å². The zero-order valence-electron chi connectivity index (χ0n) is 10.7. The Bertz CT molecular complexity index is 843. The van der Waals surface area contributed by atoms with Gasteiger partial charge in [-0.2, -0.15) is 0 Å². The predicted molar refractivity (Wildman–Crippen MR) is 82.3 cm³/mol. The van der Waals surface area contributed by atoms with Crippen molar-refractivity contribution in [2.75, 3.05) is 0 Å². The highest BCUT2D eigenvalue weighted by Crippen LogP contribution is 2.24. The van der Waals surface area contributed by atoms with Crippen LogP contribution in [0.15, 0.2) is 36.4 Å². The molecule has 0 saturated carbocycles. The van der Waals surface area contributed by atoms with Gasteiger partial charge < -0.3 is 10.1 Å². The van der Waals surface area contributed by atoms with Crippen molar-refractivity contribution in [3.05, 3.63) is 63.4 Å². The molecule has 0 bridgehead atoms. The van der Waals surface area contributed by atoms with Crippen LogP contribution in [0, 0.1) is 0 Å². The van der Waals surface area contributed by atoms with Crippen molar-refractivity contribution in [1.82, 2.24) is 9.97 Å². The van der Waals surface area contributed by atoms with E-state index in [1.165, 1.54) is 6.07 Å². The molecule has 0 radical (unpaired) electrons. The molecule has 0 atom stereocenters. The summed E-state index contributed by atoms with van der Waals surface area (Å²) < 4.78 is 0. The minimum Gasteiger partial charge on any atom is -0.478 e. The van der Waals surface area contributed by atoms with Gasteiger partial charge in [0.2, 0.25) is 0 Å². The van der Waals surface area contributed by atoms with E-state index in [4.69, 9.17) is 28.3 Å². The molecule has 0 saturated heterocycles. The van der Waals surface area contributed by atoms with E-state index < -0.39 is 5.97 Å². The standard InChI is InChI=1S/C15H10Cl2N2O2/c16-10-3-1-8(5-11(10)17)6-14-18-12-4-2-9(15(20)21)7-13(12)19-14/h1-5,7H,6H2,(H,18,19)(H,20,21). The Morgan fingerprint density at radius 1 is 1.14 bits per heavy atom. The van der Waals surface area contributed by atoms with E-state index in [1.807, 2.05) is 6.07 Å². The lowest BCUT2D eigenvalue weighted by atomic mass is 10.1. The van der Waals surface area contributed by atoms with Gasteiger partial charge in [0.1, 0.15) is 5.82 Å². The van der Waals surface area contributed by atoms with E-state index in [0.717, 1.165) is 16.9 Å². The SMILES string of the molecule is O=C(O)c1ccc2nc(Cc3ccc(Cl)c(Cl)c3)[nH]c2c1. The molecule has 0 amide bonds. The summed E-state index contributed by atoms with van der Waals surface area (Å²) in [6.45, 7) is 0. The van der Waals surface area contributed by atoms with Gasteiger partial charge in [0.15, 0.2) is 0 Å². The van der Waals surface area contributed by atoms with Gasteiger partial charge in [-0.05, 0) is 35.9 Å². The quantitative estimate of drug-likeness (QED) is 0.761. The average molecular weight is 321 g/mol. The van der Waals surface area contributed by atoms with Crippen LogP contribution < -0.4 is 0 Å². The Morgan fingerprint density at radius 2 is 1.95 bits per heavy atom. The Morgan fingerprint density at radius 3 is 2.67 bits per heavy atom. The Balaban J connectivity index is 1.93. The summed E-state index contributed by atoms with van der Waals surface area (Å²) in [5.41, 5.74) is 2.63. The van der Waals surface area contributed by atoms with Gasteiger partial charge in [-0.15, -0.1) is 0 Å². The minimum absolute atomic E-state index is 0.229. The topological polar surface area (TPSA) is 66.0 Å². The zero-order valence-corrected chi connectivity index (χ0v) is 12.2. The summed E-state index contributed by atoms with van der Waals surface area (Å²) in [4.78, 5) is 18.5. The first-order valence-corrected chi connectivity index (χ1v) is 6.94. The fraction of sp³-hybridized carbons (Fsp3) is 0.0667. The van der Waals surface area contributed by atoms with Crippen LogP contribution in [0.3, 0.4) is 0 Å². The van der Waals surface area contributed by atoms with Crippen LogP contribution in [0.5, 0.6) is 0 Å². The average Bonchev–Trinajstić information content (AvgIpc) is 2.84. The smallest absolute Gasteiger partial charge is 0.335 e. The third kappa shape index (κ3) is 2.86. The Kier molecular flexibility index (Phi) is 3.57. The lowest BCUT2D eigenvalue weighted by molar-refractivity contribution is 0.0697. The third-order valence-electron chi connectivity index (χ3n) is 3.13. The summed E-state index contributed by atoms with van der Waals surface area (Å²) in [5.74, 6) is -0.219. The number of H-pyrrole nitrogens is 1. The van der Waals surface area contributed by atoms with Gasteiger partial charge >= 0.3 is 5.97 Å². The van der Waals surface area contributed by atoms with Crippen molar-refractivity contribution in [2.24, 2.45) is 0 Å². The number of nitrogens with zero attached hydrogens (tertiary/aromatic N) is 1. The van der Waals surface area contributed by atoms with Gasteiger partial charge in [0, 0.05) is 6.42 Å². The molecule has 6 heteroatoms. The molecule has 2 aromatic carbocycles. The number of rotatable bonds is 3. The number of hydrogen-bond donors (Lipinski definition) is 2. The number of hydrogen-bond acceptors (Lipinski definition) is 2. The van der Waals surface area contributed by atoms with Crippen molar-refractivity contribution in [1.29, 1.82) is 0 Å². The molecule has 0 aliphatic rings.